The second-order valence-electron chi connectivity index (χ2n) is 5.14. The molecule has 0 radical (unpaired) electrons. The summed E-state index contributed by atoms with van der Waals surface area (Å²) >= 11 is 1.62. The molecule has 0 aliphatic carbocycles. The highest BCUT2D eigenvalue weighted by molar-refractivity contribution is 7.10. The molecule has 2 heterocycles. The normalized spacial score (nSPS) is 16.9. The molecule has 1 aromatic carbocycles. The van der Waals surface area contributed by atoms with E-state index in [1.54, 1.807) is 16.2 Å². The summed E-state index contributed by atoms with van der Waals surface area (Å²) in [5, 5.41) is 2.00. The summed E-state index contributed by atoms with van der Waals surface area (Å²) in [6.07, 6.45) is 1.62. The van der Waals surface area contributed by atoms with Gasteiger partial charge in [0.2, 0.25) is 0 Å². The first-order valence-corrected chi connectivity index (χ1v) is 8.23. The van der Waals surface area contributed by atoms with Crippen molar-refractivity contribution in [1.82, 2.24) is 4.90 Å². The molecule has 1 aliphatic rings. The van der Waals surface area contributed by atoms with Crippen LogP contribution in [0.3, 0.4) is 0 Å². The van der Waals surface area contributed by atoms with Crippen molar-refractivity contribution < 1.29 is 9.53 Å². The Morgan fingerprint density at radius 1 is 1.27 bits per heavy atom. The van der Waals surface area contributed by atoms with E-state index in [-0.39, 0.29) is 12.1 Å². The average molecular weight is 311 g/mol. The van der Waals surface area contributed by atoms with Gasteiger partial charge in [0.1, 0.15) is 6.61 Å². The maximum atomic E-state index is 12.2. The third kappa shape index (κ3) is 3.69. The predicted octanol–water partition coefficient (Wildman–Crippen LogP) is 3.90. The van der Waals surface area contributed by atoms with Gasteiger partial charge in [-0.2, -0.15) is 0 Å². The molecule has 4 heteroatoms. The Kier molecular flexibility index (Phi) is 4.77. The van der Waals surface area contributed by atoms with Crippen LogP contribution in [0.1, 0.15) is 23.3 Å². The quantitative estimate of drug-likeness (QED) is 0.787. The molecule has 0 spiro atoms. The molecule has 0 unspecified atom stereocenters. The Hall–Kier alpha value is -2.25. The van der Waals surface area contributed by atoms with Crippen molar-refractivity contribution in [2.24, 2.45) is 0 Å². The molecule has 1 atom stereocenters. The number of likely N-dealkylation sites (tertiary alicyclic amines) is 1. The molecule has 1 saturated heterocycles. The molecule has 112 valence electrons. The highest BCUT2D eigenvalue weighted by atomic mass is 32.1. The van der Waals surface area contributed by atoms with E-state index in [9.17, 15) is 4.79 Å². The van der Waals surface area contributed by atoms with E-state index in [4.69, 9.17) is 4.74 Å². The van der Waals surface area contributed by atoms with Gasteiger partial charge in [0, 0.05) is 6.54 Å². The smallest absolute Gasteiger partial charge is 0.411 e. The molecular weight excluding hydrogens is 294 g/mol. The molecule has 2 aromatic rings. The lowest BCUT2D eigenvalue weighted by Crippen LogP contribution is -2.35. The van der Waals surface area contributed by atoms with Crippen LogP contribution in [-0.2, 0) is 11.3 Å². The minimum atomic E-state index is -0.271. The molecule has 0 saturated carbocycles. The lowest BCUT2D eigenvalue weighted by atomic mass is 10.2. The minimum Gasteiger partial charge on any atom is -0.445 e. The average Bonchev–Trinajstić information content (AvgIpc) is 3.22. The summed E-state index contributed by atoms with van der Waals surface area (Å²) in [5.41, 5.74) is 0.997. The fourth-order valence-corrected chi connectivity index (χ4v) is 3.02. The fourth-order valence-electron chi connectivity index (χ4n) is 2.44. The zero-order chi connectivity index (χ0) is 15.2. The number of ether oxygens (including phenoxy) is 1. The van der Waals surface area contributed by atoms with Crippen molar-refractivity contribution in [3.63, 3.8) is 0 Å². The third-order valence-corrected chi connectivity index (χ3v) is 4.36. The first-order chi connectivity index (χ1) is 10.8. The second-order valence-corrected chi connectivity index (χ2v) is 6.09. The standard InChI is InChI=1S/C18H17NO2S/c20-18(21-14-15-6-2-1-3-7-15)19-12-4-8-16(19)10-11-17-9-5-13-22-17/h1-3,5-7,9,13,16H,4,8,12,14H2/t16-/m0/s1. The van der Waals surface area contributed by atoms with Crippen LogP contribution in [-0.4, -0.2) is 23.6 Å². The predicted molar refractivity (Wildman–Crippen MR) is 87.6 cm³/mol. The molecule has 1 fully saturated rings. The number of rotatable bonds is 2. The monoisotopic (exact) mass is 311 g/mol. The van der Waals surface area contributed by atoms with Gasteiger partial charge in [0.25, 0.3) is 0 Å². The van der Waals surface area contributed by atoms with Crippen LogP contribution in [0.2, 0.25) is 0 Å². The van der Waals surface area contributed by atoms with Crippen LogP contribution < -0.4 is 0 Å². The van der Waals surface area contributed by atoms with Crippen LogP contribution in [0, 0.1) is 11.8 Å². The summed E-state index contributed by atoms with van der Waals surface area (Å²) in [4.78, 5) is 15.0. The Morgan fingerprint density at radius 2 is 2.14 bits per heavy atom. The van der Waals surface area contributed by atoms with Crippen LogP contribution in [0.15, 0.2) is 47.8 Å². The number of carbonyl (C=O) groups is 1. The van der Waals surface area contributed by atoms with Gasteiger partial charge in [0.05, 0.1) is 10.9 Å². The van der Waals surface area contributed by atoms with Crippen molar-refractivity contribution in [2.75, 3.05) is 6.54 Å². The zero-order valence-electron chi connectivity index (χ0n) is 12.2. The molecule has 0 bridgehead atoms. The Labute approximate surface area is 134 Å². The van der Waals surface area contributed by atoms with E-state index >= 15 is 0 Å². The summed E-state index contributed by atoms with van der Waals surface area (Å²) in [7, 11) is 0. The molecule has 1 aliphatic heterocycles. The number of nitrogens with zero attached hydrogens (tertiary/aromatic N) is 1. The number of hydrogen-bond donors (Lipinski definition) is 0. The summed E-state index contributed by atoms with van der Waals surface area (Å²) in [6, 6.07) is 13.7. The van der Waals surface area contributed by atoms with Crippen molar-refractivity contribution in [1.29, 1.82) is 0 Å². The van der Waals surface area contributed by atoms with E-state index in [1.807, 2.05) is 47.8 Å². The number of amides is 1. The number of benzene rings is 1. The Morgan fingerprint density at radius 3 is 2.91 bits per heavy atom. The maximum absolute atomic E-state index is 12.2. The van der Waals surface area contributed by atoms with E-state index in [0.29, 0.717) is 6.61 Å². The Balaban J connectivity index is 1.59. The van der Waals surface area contributed by atoms with E-state index in [2.05, 4.69) is 11.8 Å². The SMILES string of the molecule is O=C(OCc1ccccc1)N1CCC[C@H]1C#Cc1cccs1. The van der Waals surface area contributed by atoms with Gasteiger partial charge in [-0.05, 0) is 29.9 Å². The zero-order valence-corrected chi connectivity index (χ0v) is 13.0. The van der Waals surface area contributed by atoms with Gasteiger partial charge in [-0.15, -0.1) is 11.3 Å². The van der Waals surface area contributed by atoms with E-state index in [0.717, 1.165) is 29.8 Å². The van der Waals surface area contributed by atoms with Crippen molar-refractivity contribution >= 4 is 17.4 Å². The van der Waals surface area contributed by atoms with Gasteiger partial charge >= 0.3 is 6.09 Å². The van der Waals surface area contributed by atoms with Gasteiger partial charge in [-0.3, -0.25) is 4.90 Å². The molecule has 22 heavy (non-hydrogen) atoms. The number of thiophene rings is 1. The Bertz CT molecular complexity index is 670. The van der Waals surface area contributed by atoms with Gasteiger partial charge in [-0.1, -0.05) is 48.2 Å². The second kappa shape index (κ2) is 7.15. The highest BCUT2D eigenvalue weighted by Crippen LogP contribution is 2.18. The third-order valence-electron chi connectivity index (χ3n) is 3.58. The summed E-state index contributed by atoms with van der Waals surface area (Å²) < 4.78 is 5.40. The van der Waals surface area contributed by atoms with Crippen LogP contribution in [0.5, 0.6) is 0 Å². The van der Waals surface area contributed by atoms with Gasteiger partial charge in [-0.25, -0.2) is 4.79 Å². The highest BCUT2D eigenvalue weighted by Gasteiger charge is 2.28. The summed E-state index contributed by atoms with van der Waals surface area (Å²) in [6.45, 7) is 1.03. The number of carbonyl (C=O) groups excluding carboxylic acids is 1. The van der Waals surface area contributed by atoms with Crippen LogP contribution in [0.4, 0.5) is 4.79 Å². The molecule has 1 amide bonds. The molecule has 1 aromatic heterocycles. The number of hydrogen-bond acceptors (Lipinski definition) is 3. The lowest BCUT2D eigenvalue weighted by Gasteiger charge is -2.20. The molecular formula is C18H17NO2S. The van der Waals surface area contributed by atoms with Crippen LogP contribution in [0.25, 0.3) is 0 Å². The lowest BCUT2D eigenvalue weighted by molar-refractivity contribution is 0.0984. The van der Waals surface area contributed by atoms with E-state index < -0.39 is 0 Å². The molecule has 3 rings (SSSR count). The van der Waals surface area contributed by atoms with Gasteiger partial charge < -0.3 is 4.74 Å². The minimum absolute atomic E-state index is 0.0367. The molecule has 3 nitrogen and oxygen atoms in total. The first-order valence-electron chi connectivity index (χ1n) is 7.35. The van der Waals surface area contributed by atoms with E-state index in [1.165, 1.54) is 0 Å². The van der Waals surface area contributed by atoms with Crippen molar-refractivity contribution in [3.8, 4) is 11.8 Å². The first kappa shape index (κ1) is 14.7. The largest absolute Gasteiger partial charge is 0.445 e. The topological polar surface area (TPSA) is 29.5 Å². The fraction of sp³-hybridized carbons (Fsp3) is 0.278. The van der Waals surface area contributed by atoms with Crippen LogP contribution >= 0.6 is 11.3 Å². The maximum Gasteiger partial charge on any atom is 0.411 e. The van der Waals surface area contributed by atoms with Crippen molar-refractivity contribution in [2.45, 2.75) is 25.5 Å². The van der Waals surface area contributed by atoms with Gasteiger partial charge in [0.15, 0.2) is 0 Å². The van der Waals surface area contributed by atoms with Crippen molar-refractivity contribution in [3.05, 3.63) is 58.3 Å². The summed E-state index contributed by atoms with van der Waals surface area (Å²) in [5.74, 6) is 6.34. The molecule has 0 N–H and O–H groups in total.